The van der Waals surface area contributed by atoms with Crippen molar-refractivity contribution in [3.63, 3.8) is 0 Å². The van der Waals surface area contributed by atoms with Crippen LogP contribution in [0.2, 0.25) is 0 Å². The predicted molar refractivity (Wildman–Crippen MR) is 80.5 cm³/mol. The van der Waals surface area contributed by atoms with Crippen LogP contribution >= 0.6 is 0 Å². The summed E-state index contributed by atoms with van der Waals surface area (Å²) >= 11 is 0. The Bertz CT molecular complexity index is 413. The lowest BCUT2D eigenvalue weighted by Crippen LogP contribution is -2.46. The van der Waals surface area contributed by atoms with Gasteiger partial charge in [-0.3, -0.25) is 4.90 Å². The number of benzene rings is 1. The van der Waals surface area contributed by atoms with Crippen molar-refractivity contribution < 1.29 is 0 Å². The lowest BCUT2D eigenvalue weighted by atomic mass is 9.86. The Morgan fingerprint density at radius 2 is 2.05 bits per heavy atom. The second-order valence-corrected chi connectivity index (χ2v) is 6.23. The summed E-state index contributed by atoms with van der Waals surface area (Å²) < 4.78 is 0. The zero-order valence-electron chi connectivity index (χ0n) is 12.1. The van der Waals surface area contributed by atoms with Crippen molar-refractivity contribution >= 4 is 0 Å². The van der Waals surface area contributed by atoms with Gasteiger partial charge in [0.1, 0.15) is 0 Å². The minimum Gasteiger partial charge on any atom is -0.319 e. The molecule has 2 nitrogen and oxygen atoms in total. The third kappa shape index (κ3) is 3.01. The molecule has 1 aliphatic heterocycles. The molecule has 1 aromatic rings. The molecule has 3 rings (SSSR count). The van der Waals surface area contributed by atoms with Crippen LogP contribution in [0.5, 0.6) is 0 Å². The van der Waals surface area contributed by atoms with Crippen molar-refractivity contribution in [2.24, 2.45) is 5.92 Å². The van der Waals surface area contributed by atoms with E-state index in [1.807, 2.05) is 0 Å². The predicted octanol–water partition coefficient (Wildman–Crippen LogP) is 2.48. The van der Waals surface area contributed by atoms with Gasteiger partial charge in [0.15, 0.2) is 0 Å². The first-order valence-electron chi connectivity index (χ1n) is 7.82. The van der Waals surface area contributed by atoms with Gasteiger partial charge >= 0.3 is 0 Å². The molecule has 0 radical (unpaired) electrons. The highest BCUT2D eigenvalue weighted by Gasteiger charge is 2.28. The summed E-state index contributed by atoms with van der Waals surface area (Å²) in [4.78, 5) is 2.77. The van der Waals surface area contributed by atoms with E-state index in [1.165, 1.54) is 51.7 Å². The second-order valence-electron chi connectivity index (χ2n) is 6.23. The van der Waals surface area contributed by atoms with Crippen LogP contribution in [0.15, 0.2) is 24.3 Å². The smallest absolute Gasteiger partial charge is 0.0139 e. The molecule has 1 N–H and O–H groups in total. The standard InChI is InChI=1S/C17H26N2/c1-18-12-14-5-4-10-19(13-14)17-9-8-15-6-2-3-7-16(15)11-17/h2-3,6-7,14,17-18H,4-5,8-13H2,1H3. The molecule has 0 bridgehead atoms. The first-order valence-corrected chi connectivity index (χ1v) is 7.82. The molecule has 2 heteroatoms. The molecule has 1 aliphatic carbocycles. The lowest BCUT2D eigenvalue weighted by molar-refractivity contribution is 0.113. The zero-order chi connectivity index (χ0) is 13.1. The quantitative estimate of drug-likeness (QED) is 0.896. The van der Waals surface area contributed by atoms with Crippen LogP contribution in [0, 0.1) is 5.92 Å². The number of nitrogens with zero attached hydrogens (tertiary/aromatic N) is 1. The molecular formula is C17H26N2. The van der Waals surface area contributed by atoms with Crippen molar-refractivity contribution in [2.75, 3.05) is 26.7 Å². The maximum Gasteiger partial charge on any atom is 0.0139 e. The molecule has 0 spiro atoms. The highest BCUT2D eigenvalue weighted by molar-refractivity contribution is 5.30. The van der Waals surface area contributed by atoms with Gasteiger partial charge in [-0.05, 0) is 69.3 Å². The third-order valence-electron chi connectivity index (χ3n) is 4.88. The van der Waals surface area contributed by atoms with Crippen LogP contribution in [0.4, 0.5) is 0 Å². The molecule has 1 aromatic carbocycles. The van der Waals surface area contributed by atoms with Gasteiger partial charge in [-0.2, -0.15) is 0 Å². The Morgan fingerprint density at radius 1 is 1.21 bits per heavy atom. The fourth-order valence-electron chi connectivity index (χ4n) is 3.87. The van der Waals surface area contributed by atoms with Crippen LogP contribution in [-0.2, 0) is 12.8 Å². The first-order chi connectivity index (χ1) is 9.36. The number of aryl methyl sites for hydroxylation is 1. The Hall–Kier alpha value is -0.860. The fraction of sp³-hybridized carbons (Fsp3) is 0.647. The van der Waals surface area contributed by atoms with Crippen LogP contribution in [-0.4, -0.2) is 37.6 Å². The van der Waals surface area contributed by atoms with E-state index in [4.69, 9.17) is 0 Å². The van der Waals surface area contributed by atoms with Crippen LogP contribution < -0.4 is 5.32 Å². The van der Waals surface area contributed by atoms with Crippen LogP contribution in [0.1, 0.15) is 30.4 Å². The minimum atomic E-state index is 0.787. The Labute approximate surface area is 117 Å². The van der Waals surface area contributed by atoms with E-state index in [-0.39, 0.29) is 0 Å². The molecule has 0 saturated carbocycles. The number of hydrogen-bond acceptors (Lipinski definition) is 2. The van der Waals surface area contributed by atoms with E-state index < -0.39 is 0 Å². The Morgan fingerprint density at radius 3 is 2.89 bits per heavy atom. The van der Waals surface area contributed by atoms with E-state index in [1.54, 1.807) is 11.1 Å². The summed E-state index contributed by atoms with van der Waals surface area (Å²) in [6.07, 6.45) is 6.67. The van der Waals surface area contributed by atoms with Gasteiger partial charge in [-0.25, -0.2) is 0 Å². The van der Waals surface area contributed by atoms with Crippen molar-refractivity contribution in [1.29, 1.82) is 0 Å². The number of nitrogens with one attached hydrogen (secondary N) is 1. The molecule has 19 heavy (non-hydrogen) atoms. The first kappa shape index (κ1) is 13.1. The number of rotatable bonds is 3. The third-order valence-corrected chi connectivity index (χ3v) is 4.88. The van der Waals surface area contributed by atoms with Crippen molar-refractivity contribution in [1.82, 2.24) is 10.2 Å². The second kappa shape index (κ2) is 6.06. The average Bonchev–Trinajstić information content (AvgIpc) is 2.47. The van der Waals surface area contributed by atoms with Gasteiger partial charge in [0.2, 0.25) is 0 Å². The van der Waals surface area contributed by atoms with Crippen molar-refractivity contribution in [2.45, 2.75) is 38.1 Å². The van der Waals surface area contributed by atoms with E-state index in [2.05, 4.69) is 41.5 Å². The van der Waals surface area contributed by atoms with Gasteiger partial charge in [0.25, 0.3) is 0 Å². The summed E-state index contributed by atoms with van der Waals surface area (Å²) in [6, 6.07) is 9.81. The van der Waals surface area contributed by atoms with Crippen LogP contribution in [0.3, 0.4) is 0 Å². The largest absolute Gasteiger partial charge is 0.319 e. The summed E-state index contributed by atoms with van der Waals surface area (Å²) in [5, 5.41) is 3.35. The highest BCUT2D eigenvalue weighted by atomic mass is 15.2. The Kier molecular flexibility index (Phi) is 4.19. The molecule has 2 atom stereocenters. The van der Waals surface area contributed by atoms with Gasteiger partial charge in [0, 0.05) is 12.6 Å². The lowest BCUT2D eigenvalue weighted by Gasteiger charge is -2.40. The molecule has 1 heterocycles. The monoisotopic (exact) mass is 258 g/mol. The van der Waals surface area contributed by atoms with Gasteiger partial charge < -0.3 is 5.32 Å². The van der Waals surface area contributed by atoms with E-state index in [0.29, 0.717) is 0 Å². The number of likely N-dealkylation sites (tertiary alicyclic amines) is 1. The molecule has 0 aromatic heterocycles. The number of hydrogen-bond donors (Lipinski definition) is 1. The molecule has 104 valence electrons. The van der Waals surface area contributed by atoms with E-state index >= 15 is 0 Å². The number of piperidine rings is 1. The molecule has 1 fully saturated rings. The zero-order valence-corrected chi connectivity index (χ0v) is 12.1. The number of fused-ring (bicyclic) bond motifs is 1. The van der Waals surface area contributed by atoms with Gasteiger partial charge in [-0.15, -0.1) is 0 Å². The Balaban J connectivity index is 1.64. The summed E-state index contributed by atoms with van der Waals surface area (Å²) in [6.45, 7) is 3.79. The van der Waals surface area contributed by atoms with Crippen molar-refractivity contribution in [3.8, 4) is 0 Å². The van der Waals surface area contributed by atoms with Crippen molar-refractivity contribution in [3.05, 3.63) is 35.4 Å². The molecule has 0 amide bonds. The summed E-state index contributed by atoms with van der Waals surface area (Å²) in [7, 11) is 2.08. The fourth-order valence-corrected chi connectivity index (χ4v) is 3.87. The SMILES string of the molecule is CNCC1CCCN(C2CCc3ccccc3C2)C1. The maximum atomic E-state index is 3.35. The highest BCUT2D eigenvalue weighted by Crippen LogP contribution is 2.27. The molecular weight excluding hydrogens is 232 g/mol. The summed E-state index contributed by atoms with van der Waals surface area (Å²) in [5.74, 6) is 0.857. The van der Waals surface area contributed by atoms with Crippen LogP contribution in [0.25, 0.3) is 0 Å². The normalized spacial score (nSPS) is 28.1. The van der Waals surface area contributed by atoms with E-state index in [9.17, 15) is 0 Å². The van der Waals surface area contributed by atoms with Gasteiger partial charge in [0.05, 0.1) is 0 Å². The van der Waals surface area contributed by atoms with Gasteiger partial charge in [-0.1, -0.05) is 24.3 Å². The summed E-state index contributed by atoms with van der Waals surface area (Å²) in [5.41, 5.74) is 3.18. The molecule has 2 unspecified atom stereocenters. The maximum absolute atomic E-state index is 3.35. The average molecular weight is 258 g/mol. The topological polar surface area (TPSA) is 15.3 Å². The molecule has 2 aliphatic rings. The molecule has 1 saturated heterocycles. The van der Waals surface area contributed by atoms with E-state index in [0.717, 1.165) is 12.0 Å². The minimum absolute atomic E-state index is 0.787.